The number of benzene rings is 1. The van der Waals surface area contributed by atoms with Crippen LogP contribution in [0, 0.1) is 10.1 Å². The van der Waals surface area contributed by atoms with Crippen LogP contribution in [0.5, 0.6) is 0 Å². The van der Waals surface area contributed by atoms with E-state index in [9.17, 15) is 10.1 Å². The molecule has 0 aliphatic heterocycles. The van der Waals surface area contributed by atoms with E-state index in [2.05, 4.69) is 29.6 Å². The molecule has 0 saturated carbocycles. The molecule has 3 aromatic rings. The van der Waals surface area contributed by atoms with E-state index < -0.39 is 13.0 Å². The van der Waals surface area contributed by atoms with Crippen molar-refractivity contribution in [1.29, 1.82) is 0 Å². The third-order valence-electron chi connectivity index (χ3n) is 4.15. The van der Waals surface area contributed by atoms with Crippen LogP contribution in [0.15, 0.2) is 36.5 Å². The van der Waals surface area contributed by atoms with Gasteiger partial charge in [-0.05, 0) is 23.7 Å². The van der Waals surface area contributed by atoms with Gasteiger partial charge in [0.05, 0.1) is 10.6 Å². The zero-order chi connectivity index (χ0) is 19.6. The SMILES string of the molecule is C[Si](C)(C)CCOCn1ccc2c(-c3cccc([N+](=O)[O-])c3)nc(Cl)nc21. The minimum atomic E-state index is -1.15. The van der Waals surface area contributed by atoms with Gasteiger partial charge in [-0.25, -0.2) is 4.98 Å². The second kappa shape index (κ2) is 7.75. The van der Waals surface area contributed by atoms with Crippen molar-refractivity contribution in [3.63, 3.8) is 0 Å². The summed E-state index contributed by atoms with van der Waals surface area (Å²) in [6.07, 6.45) is 1.87. The molecule has 9 heteroatoms. The number of aromatic nitrogens is 3. The molecular weight excluding hydrogens is 384 g/mol. The number of nitro benzene ring substituents is 1. The maximum absolute atomic E-state index is 11.1. The van der Waals surface area contributed by atoms with Crippen LogP contribution >= 0.6 is 11.6 Å². The van der Waals surface area contributed by atoms with Crippen molar-refractivity contribution in [1.82, 2.24) is 14.5 Å². The van der Waals surface area contributed by atoms with Gasteiger partial charge in [0.1, 0.15) is 12.4 Å². The molecule has 0 aliphatic carbocycles. The van der Waals surface area contributed by atoms with Gasteiger partial charge in [-0.2, -0.15) is 4.98 Å². The standard InChI is InChI=1S/C18H21ClN4O3Si/c1-27(2,3)10-9-26-12-22-8-7-15-16(20-18(19)21-17(15)22)13-5-4-6-14(11-13)23(24)25/h4-8,11H,9-10,12H2,1-3H3. The summed E-state index contributed by atoms with van der Waals surface area (Å²) in [6.45, 7) is 7.99. The maximum Gasteiger partial charge on any atom is 0.270 e. The predicted molar refractivity (Wildman–Crippen MR) is 109 cm³/mol. The normalized spacial score (nSPS) is 11.9. The molecule has 0 radical (unpaired) electrons. The molecule has 0 atom stereocenters. The predicted octanol–water partition coefficient (Wildman–Crippen LogP) is 4.97. The summed E-state index contributed by atoms with van der Waals surface area (Å²) in [6, 6.07) is 9.29. The van der Waals surface area contributed by atoms with E-state index in [1.54, 1.807) is 12.1 Å². The molecule has 0 saturated heterocycles. The van der Waals surface area contributed by atoms with Gasteiger partial charge in [0.15, 0.2) is 0 Å². The highest BCUT2D eigenvalue weighted by Crippen LogP contribution is 2.30. The molecule has 142 valence electrons. The van der Waals surface area contributed by atoms with Crippen molar-refractivity contribution < 1.29 is 9.66 Å². The molecule has 0 spiro atoms. The Morgan fingerprint density at radius 2 is 2.04 bits per heavy atom. The molecule has 2 aromatic heterocycles. The van der Waals surface area contributed by atoms with Gasteiger partial charge in [0, 0.05) is 44.0 Å². The number of nitrogens with zero attached hydrogens (tertiary/aromatic N) is 4. The van der Waals surface area contributed by atoms with Crippen molar-refractivity contribution in [2.24, 2.45) is 0 Å². The van der Waals surface area contributed by atoms with Crippen molar-refractivity contribution in [2.75, 3.05) is 6.61 Å². The molecule has 0 aliphatic rings. The minimum Gasteiger partial charge on any atom is -0.361 e. The number of halogens is 1. The molecule has 1 aromatic carbocycles. The Kier molecular flexibility index (Phi) is 5.59. The summed E-state index contributed by atoms with van der Waals surface area (Å²) in [4.78, 5) is 19.3. The smallest absolute Gasteiger partial charge is 0.270 e. The van der Waals surface area contributed by atoms with Gasteiger partial charge in [-0.15, -0.1) is 0 Å². The van der Waals surface area contributed by atoms with Crippen LogP contribution in [0.3, 0.4) is 0 Å². The van der Waals surface area contributed by atoms with Gasteiger partial charge < -0.3 is 9.30 Å². The summed E-state index contributed by atoms with van der Waals surface area (Å²) < 4.78 is 7.67. The summed E-state index contributed by atoms with van der Waals surface area (Å²) in [7, 11) is -1.15. The molecule has 27 heavy (non-hydrogen) atoms. The van der Waals surface area contributed by atoms with Crippen LogP contribution < -0.4 is 0 Å². The van der Waals surface area contributed by atoms with E-state index in [-0.39, 0.29) is 11.0 Å². The lowest BCUT2D eigenvalue weighted by Crippen LogP contribution is -2.22. The van der Waals surface area contributed by atoms with Crippen LogP contribution in [-0.4, -0.2) is 34.1 Å². The number of fused-ring (bicyclic) bond motifs is 1. The zero-order valence-electron chi connectivity index (χ0n) is 15.5. The number of nitro groups is 1. The Morgan fingerprint density at radius 1 is 1.26 bits per heavy atom. The highest BCUT2D eigenvalue weighted by molar-refractivity contribution is 6.76. The van der Waals surface area contributed by atoms with Gasteiger partial charge in [-0.3, -0.25) is 10.1 Å². The Bertz CT molecular complexity index is 984. The fourth-order valence-electron chi connectivity index (χ4n) is 2.67. The average Bonchev–Trinajstić information content (AvgIpc) is 3.00. The maximum atomic E-state index is 11.1. The van der Waals surface area contributed by atoms with E-state index in [0.717, 1.165) is 11.4 Å². The molecule has 3 rings (SSSR count). The van der Waals surface area contributed by atoms with E-state index in [0.29, 0.717) is 30.2 Å². The monoisotopic (exact) mass is 404 g/mol. The molecule has 7 nitrogen and oxygen atoms in total. The second-order valence-electron chi connectivity index (χ2n) is 7.52. The largest absolute Gasteiger partial charge is 0.361 e. The molecule has 0 bridgehead atoms. The Balaban J connectivity index is 1.91. The minimum absolute atomic E-state index is 0.00416. The van der Waals surface area contributed by atoms with Crippen molar-refractivity contribution in [3.05, 3.63) is 51.9 Å². The number of ether oxygens (including phenoxy) is 1. The summed E-state index contributed by atoms with van der Waals surface area (Å²) in [5, 5.41) is 11.9. The van der Waals surface area contributed by atoms with Crippen LogP contribution in [0.2, 0.25) is 31.0 Å². The third kappa shape index (κ3) is 4.71. The highest BCUT2D eigenvalue weighted by atomic mass is 35.5. The van der Waals surface area contributed by atoms with Crippen LogP contribution in [0.4, 0.5) is 5.69 Å². The third-order valence-corrected chi connectivity index (χ3v) is 6.02. The summed E-state index contributed by atoms with van der Waals surface area (Å²) >= 11 is 6.12. The van der Waals surface area contributed by atoms with Crippen LogP contribution in [0.1, 0.15) is 0 Å². The molecule has 0 N–H and O–H groups in total. The first-order valence-electron chi connectivity index (χ1n) is 8.59. The van der Waals surface area contributed by atoms with Crippen LogP contribution in [-0.2, 0) is 11.5 Å². The first-order valence-corrected chi connectivity index (χ1v) is 12.7. The van der Waals surface area contributed by atoms with E-state index in [4.69, 9.17) is 16.3 Å². The lowest BCUT2D eigenvalue weighted by molar-refractivity contribution is -0.384. The number of hydrogen-bond acceptors (Lipinski definition) is 5. The number of rotatable bonds is 7. The summed E-state index contributed by atoms with van der Waals surface area (Å²) in [5.41, 5.74) is 1.83. The first-order chi connectivity index (χ1) is 12.7. The zero-order valence-corrected chi connectivity index (χ0v) is 17.2. The Labute approximate surface area is 163 Å². The first kappa shape index (κ1) is 19.5. The quantitative estimate of drug-likeness (QED) is 0.182. The van der Waals surface area contributed by atoms with E-state index in [1.807, 2.05) is 16.8 Å². The van der Waals surface area contributed by atoms with E-state index in [1.165, 1.54) is 12.1 Å². The number of hydrogen-bond donors (Lipinski definition) is 0. The van der Waals surface area contributed by atoms with Crippen molar-refractivity contribution in [2.45, 2.75) is 32.4 Å². The average molecular weight is 405 g/mol. The lowest BCUT2D eigenvalue weighted by atomic mass is 10.1. The van der Waals surface area contributed by atoms with Crippen LogP contribution in [0.25, 0.3) is 22.3 Å². The Morgan fingerprint density at radius 3 is 2.74 bits per heavy atom. The second-order valence-corrected chi connectivity index (χ2v) is 13.5. The van der Waals surface area contributed by atoms with Gasteiger partial charge >= 0.3 is 0 Å². The number of non-ortho nitro benzene ring substituents is 1. The van der Waals surface area contributed by atoms with E-state index >= 15 is 0 Å². The molecule has 0 fully saturated rings. The lowest BCUT2D eigenvalue weighted by Gasteiger charge is -2.15. The molecule has 2 heterocycles. The molecule has 0 unspecified atom stereocenters. The van der Waals surface area contributed by atoms with Gasteiger partial charge in [-0.1, -0.05) is 31.8 Å². The van der Waals surface area contributed by atoms with Gasteiger partial charge in [0.25, 0.3) is 5.69 Å². The topological polar surface area (TPSA) is 83.1 Å². The van der Waals surface area contributed by atoms with Crippen molar-refractivity contribution >= 4 is 36.4 Å². The fraction of sp³-hybridized carbons (Fsp3) is 0.333. The Hall–Kier alpha value is -2.29. The highest BCUT2D eigenvalue weighted by Gasteiger charge is 2.16. The van der Waals surface area contributed by atoms with Gasteiger partial charge in [0.2, 0.25) is 5.28 Å². The molecule has 0 amide bonds. The fourth-order valence-corrected chi connectivity index (χ4v) is 3.59. The summed E-state index contributed by atoms with van der Waals surface area (Å²) in [5.74, 6) is 0. The van der Waals surface area contributed by atoms with Crippen molar-refractivity contribution in [3.8, 4) is 11.3 Å². The molecular formula is C18H21ClN4O3Si.